The molecule has 2 aromatic carbocycles. The first-order chi connectivity index (χ1) is 16.3. The zero-order chi connectivity index (χ0) is 24.4. The fraction of sp³-hybridized carbons (Fsp3) is 0.273. The molecule has 1 saturated heterocycles. The van der Waals surface area contributed by atoms with Crippen molar-refractivity contribution < 1.29 is 28.7 Å². The number of benzene rings is 2. The number of imide groups is 1. The lowest BCUT2D eigenvalue weighted by atomic mass is 10.1. The molecule has 2 aliphatic heterocycles. The molecule has 1 fully saturated rings. The minimum atomic E-state index is -1.06. The molecule has 2 aliphatic rings. The molecule has 12 heteroatoms. The Morgan fingerprint density at radius 1 is 1.15 bits per heavy atom. The summed E-state index contributed by atoms with van der Waals surface area (Å²) in [5.41, 5.74) is 0.920. The first-order valence-electron chi connectivity index (χ1n) is 10.3. The number of hydrogen-bond donors (Lipinski definition) is 1. The van der Waals surface area contributed by atoms with Crippen molar-refractivity contribution in [2.24, 2.45) is 10.3 Å². The second-order valence-corrected chi connectivity index (χ2v) is 7.78. The normalized spacial score (nSPS) is 18.8. The number of amides is 3. The molecule has 3 amide bonds. The van der Waals surface area contributed by atoms with Crippen molar-refractivity contribution in [2.75, 3.05) is 30.5 Å². The van der Waals surface area contributed by atoms with Crippen LogP contribution in [0.15, 0.2) is 52.8 Å². The molecule has 0 unspecified atom stereocenters. The van der Waals surface area contributed by atoms with E-state index in [1.165, 1.54) is 30.3 Å². The molecule has 0 saturated carbocycles. The van der Waals surface area contributed by atoms with Crippen LogP contribution < -0.4 is 15.0 Å². The molecule has 4 rings (SSSR count). The number of methoxy groups -OCH3 is 1. The highest BCUT2D eigenvalue weighted by Gasteiger charge is 2.55. The molecule has 2 atom stereocenters. The number of carbonyl (C=O) groups excluding carboxylic acids is 4. The minimum absolute atomic E-state index is 0.227. The predicted octanol–water partition coefficient (Wildman–Crippen LogP) is 2.46. The Labute approximate surface area is 199 Å². The Balaban J connectivity index is 1.46. The molecule has 2 heterocycles. The fourth-order valence-electron chi connectivity index (χ4n) is 3.69. The number of carbonyl (C=O) groups is 4. The van der Waals surface area contributed by atoms with Crippen molar-refractivity contribution >= 4 is 46.7 Å². The second kappa shape index (κ2) is 9.48. The van der Waals surface area contributed by atoms with Gasteiger partial charge in [0.1, 0.15) is 12.3 Å². The van der Waals surface area contributed by atoms with Crippen LogP contribution >= 0.6 is 11.6 Å². The lowest BCUT2D eigenvalue weighted by Crippen LogP contribution is -2.43. The number of rotatable bonds is 7. The third-order valence-corrected chi connectivity index (χ3v) is 5.51. The van der Waals surface area contributed by atoms with Gasteiger partial charge in [-0.25, -0.2) is 9.69 Å². The van der Waals surface area contributed by atoms with Crippen molar-refractivity contribution in [3.63, 3.8) is 0 Å². The molecule has 0 spiro atoms. The van der Waals surface area contributed by atoms with Crippen LogP contribution in [0.25, 0.3) is 0 Å². The van der Waals surface area contributed by atoms with Gasteiger partial charge in [0.05, 0.1) is 30.0 Å². The molecule has 1 N–H and O–H groups in total. The highest BCUT2D eigenvalue weighted by molar-refractivity contribution is 6.33. The van der Waals surface area contributed by atoms with E-state index >= 15 is 0 Å². The molecule has 0 radical (unpaired) electrons. The Morgan fingerprint density at radius 3 is 2.65 bits per heavy atom. The van der Waals surface area contributed by atoms with E-state index in [4.69, 9.17) is 21.1 Å². The number of anilines is 2. The summed E-state index contributed by atoms with van der Waals surface area (Å²) in [7, 11) is 1.45. The van der Waals surface area contributed by atoms with E-state index in [9.17, 15) is 19.2 Å². The first kappa shape index (κ1) is 23.2. The molecule has 2 aromatic rings. The number of ether oxygens (including phenoxy) is 2. The van der Waals surface area contributed by atoms with Crippen molar-refractivity contribution in [1.29, 1.82) is 0 Å². The van der Waals surface area contributed by atoms with E-state index in [2.05, 4.69) is 15.7 Å². The van der Waals surface area contributed by atoms with Crippen LogP contribution in [0, 0.1) is 0 Å². The van der Waals surface area contributed by atoms with Crippen LogP contribution in [0.3, 0.4) is 0 Å². The summed E-state index contributed by atoms with van der Waals surface area (Å²) in [6, 6.07) is 8.66. The lowest BCUT2D eigenvalue weighted by Gasteiger charge is -2.20. The molecule has 11 nitrogen and oxygen atoms in total. The zero-order valence-corrected chi connectivity index (χ0v) is 19.0. The number of nitrogens with zero attached hydrogens (tertiary/aromatic N) is 4. The van der Waals surface area contributed by atoms with Gasteiger partial charge in [-0.3, -0.25) is 19.4 Å². The van der Waals surface area contributed by atoms with Crippen molar-refractivity contribution in [3.8, 4) is 5.75 Å². The molecular weight excluding hydrogens is 466 g/mol. The molecule has 0 aliphatic carbocycles. The summed E-state index contributed by atoms with van der Waals surface area (Å²) in [4.78, 5) is 51.4. The first-order valence-corrected chi connectivity index (χ1v) is 10.7. The quantitative estimate of drug-likeness (QED) is 0.471. The monoisotopic (exact) mass is 485 g/mol. The van der Waals surface area contributed by atoms with Crippen molar-refractivity contribution in [3.05, 3.63) is 53.1 Å². The third kappa shape index (κ3) is 4.29. The van der Waals surface area contributed by atoms with Crippen molar-refractivity contribution in [2.45, 2.75) is 19.0 Å². The van der Waals surface area contributed by atoms with E-state index in [0.29, 0.717) is 11.4 Å². The van der Waals surface area contributed by atoms with Gasteiger partial charge in [0.25, 0.3) is 11.8 Å². The number of fused-ring (bicyclic) bond motifs is 1. The smallest absolute Gasteiger partial charge is 0.338 e. The van der Waals surface area contributed by atoms with Gasteiger partial charge in [-0.15, -0.1) is 0 Å². The molecule has 0 aromatic heterocycles. The second-order valence-electron chi connectivity index (χ2n) is 7.37. The van der Waals surface area contributed by atoms with Gasteiger partial charge < -0.3 is 14.8 Å². The highest BCUT2D eigenvalue weighted by atomic mass is 35.5. The SMILES string of the molecule is CCOC(=O)c1cccc(NC(=O)CN2N=N[C@H]3C(=O)N(c4ccc(OC)c(Cl)c4)C(=O)[C@H]32)c1. The summed E-state index contributed by atoms with van der Waals surface area (Å²) in [5, 5.41) is 11.8. The Hall–Kier alpha value is -3.99. The van der Waals surface area contributed by atoms with E-state index in [1.807, 2.05) is 0 Å². The fourth-order valence-corrected chi connectivity index (χ4v) is 3.94. The molecule has 176 valence electrons. The van der Waals surface area contributed by atoms with Gasteiger partial charge in [0, 0.05) is 5.69 Å². The summed E-state index contributed by atoms with van der Waals surface area (Å²) >= 11 is 6.14. The topological polar surface area (TPSA) is 130 Å². The van der Waals surface area contributed by atoms with Crippen LogP contribution in [0.2, 0.25) is 5.02 Å². The summed E-state index contributed by atoms with van der Waals surface area (Å²) in [6.07, 6.45) is 0. The number of halogens is 1. The predicted molar refractivity (Wildman–Crippen MR) is 121 cm³/mol. The maximum absolute atomic E-state index is 13.1. The molecular formula is C22H20ClN5O6. The van der Waals surface area contributed by atoms with E-state index < -0.39 is 35.8 Å². The summed E-state index contributed by atoms with van der Waals surface area (Å²) < 4.78 is 10.1. The average molecular weight is 486 g/mol. The van der Waals surface area contributed by atoms with Crippen LogP contribution in [0.5, 0.6) is 5.75 Å². The van der Waals surface area contributed by atoms with Crippen LogP contribution in [0.1, 0.15) is 17.3 Å². The number of nitrogens with one attached hydrogen (secondary N) is 1. The van der Waals surface area contributed by atoms with Crippen molar-refractivity contribution in [1.82, 2.24) is 5.01 Å². The minimum Gasteiger partial charge on any atom is -0.495 e. The molecule has 34 heavy (non-hydrogen) atoms. The Bertz CT molecular complexity index is 1200. The summed E-state index contributed by atoms with van der Waals surface area (Å²) in [6.45, 7) is 1.59. The van der Waals surface area contributed by atoms with E-state index in [1.54, 1.807) is 31.2 Å². The van der Waals surface area contributed by atoms with Gasteiger partial charge in [-0.05, 0) is 43.3 Å². The zero-order valence-electron chi connectivity index (χ0n) is 18.2. The standard InChI is InChI=1S/C22H20ClN5O6/c1-3-34-22(32)12-5-4-6-13(9-12)24-17(29)11-27-19-18(25-26-27)20(30)28(21(19)31)14-7-8-16(33-2)15(23)10-14/h4-10,18-19H,3,11H2,1-2H3,(H,24,29)/t18-,19+/m1/s1. The van der Waals surface area contributed by atoms with Crippen LogP contribution in [-0.2, 0) is 19.1 Å². The third-order valence-electron chi connectivity index (χ3n) is 5.21. The number of esters is 1. The largest absolute Gasteiger partial charge is 0.495 e. The lowest BCUT2D eigenvalue weighted by molar-refractivity contribution is -0.123. The van der Waals surface area contributed by atoms with Crippen LogP contribution in [-0.4, -0.2) is 61.0 Å². The van der Waals surface area contributed by atoms with E-state index in [0.717, 1.165) is 4.90 Å². The number of hydrogen-bond acceptors (Lipinski definition) is 9. The summed E-state index contributed by atoms with van der Waals surface area (Å²) in [5.74, 6) is -1.76. The van der Waals surface area contributed by atoms with Gasteiger partial charge in [-0.1, -0.05) is 22.9 Å². The van der Waals surface area contributed by atoms with Gasteiger partial charge in [0.2, 0.25) is 5.91 Å². The Morgan fingerprint density at radius 2 is 1.94 bits per heavy atom. The average Bonchev–Trinajstić information content (AvgIpc) is 3.33. The van der Waals surface area contributed by atoms with Crippen LogP contribution in [0.4, 0.5) is 11.4 Å². The highest BCUT2D eigenvalue weighted by Crippen LogP contribution is 2.35. The maximum Gasteiger partial charge on any atom is 0.338 e. The van der Waals surface area contributed by atoms with E-state index in [-0.39, 0.29) is 29.4 Å². The van der Waals surface area contributed by atoms with Gasteiger partial charge in [-0.2, -0.15) is 5.11 Å². The van der Waals surface area contributed by atoms with Gasteiger partial charge >= 0.3 is 5.97 Å². The maximum atomic E-state index is 13.1. The van der Waals surface area contributed by atoms with Gasteiger partial charge in [0.15, 0.2) is 12.1 Å². The molecule has 0 bridgehead atoms. The Kier molecular flexibility index (Phi) is 6.46.